The highest BCUT2D eigenvalue weighted by atomic mass is 16.5. The van der Waals surface area contributed by atoms with Crippen LogP contribution in [0.15, 0.2) is 24.3 Å². The van der Waals surface area contributed by atoms with Crippen LogP contribution in [-0.4, -0.2) is 12.6 Å². The first-order valence-corrected chi connectivity index (χ1v) is 11.7. The van der Waals surface area contributed by atoms with Crippen LogP contribution in [0.1, 0.15) is 123 Å². The topological polar surface area (TPSA) is 26.3 Å². The monoisotopic (exact) mass is 378 g/mol. The molecule has 0 saturated carbocycles. The zero-order valence-corrected chi connectivity index (χ0v) is 18.4. The summed E-state index contributed by atoms with van der Waals surface area (Å²) in [4.78, 5) is 11.6. The molecule has 0 bridgehead atoms. The minimum absolute atomic E-state index is 0.216. The fourth-order valence-electron chi connectivity index (χ4n) is 3.34. The predicted octanol–water partition coefficient (Wildman–Crippen LogP) is 8.31. The van der Waals surface area contributed by atoms with Gasteiger partial charge in [-0.15, -0.1) is 0 Å². The van der Waals surface area contributed by atoms with Gasteiger partial charge < -0.3 is 4.74 Å². The van der Waals surface area contributed by atoms with Gasteiger partial charge in [-0.3, -0.25) is 0 Å². The molecular weight excluding hydrogens is 332 g/mol. The van der Waals surface area contributed by atoms with Crippen LogP contribution in [0.2, 0.25) is 0 Å². The molecule has 0 N–H and O–H groups in total. The number of esters is 1. The molecule has 0 aromatic heterocycles. The van der Waals surface area contributed by atoms with E-state index < -0.39 is 0 Å². The van der Waals surface area contributed by atoms with Crippen molar-refractivity contribution in [1.82, 2.24) is 0 Å². The maximum absolute atomic E-state index is 11.6. The maximum atomic E-state index is 11.6. The third-order valence-corrected chi connectivity index (χ3v) is 5.16. The van der Waals surface area contributed by atoms with Gasteiger partial charge in [0, 0.05) is 5.57 Å². The van der Waals surface area contributed by atoms with Gasteiger partial charge in [-0.05, 0) is 19.8 Å². The van der Waals surface area contributed by atoms with Crippen molar-refractivity contribution in [3.05, 3.63) is 24.3 Å². The standard InChI is InChI=1S/C25H46O2/c1-4-6-7-8-9-10-11-12-13-14-15-16-17-18-19-20-21-22-24(3)25(26)27-23-5-2/h5,22H,2,4,6-21,23H2,1,3H3. The molecule has 0 fully saturated rings. The molecule has 0 aliphatic carbocycles. The largest absolute Gasteiger partial charge is 0.458 e. The van der Waals surface area contributed by atoms with Crippen molar-refractivity contribution >= 4 is 5.97 Å². The molecule has 0 heterocycles. The number of ether oxygens (including phenoxy) is 1. The SMILES string of the molecule is C=CCOC(=O)C(C)=CCCCCCCCCCCCCCCCCCC. The molecule has 0 spiro atoms. The number of hydrogen-bond acceptors (Lipinski definition) is 2. The van der Waals surface area contributed by atoms with Crippen molar-refractivity contribution in [1.29, 1.82) is 0 Å². The highest BCUT2D eigenvalue weighted by Crippen LogP contribution is 2.14. The van der Waals surface area contributed by atoms with Gasteiger partial charge in [-0.2, -0.15) is 0 Å². The second-order valence-corrected chi connectivity index (χ2v) is 7.87. The summed E-state index contributed by atoms with van der Waals surface area (Å²) in [6.45, 7) is 7.95. The fraction of sp³-hybridized carbons (Fsp3) is 0.800. The second-order valence-electron chi connectivity index (χ2n) is 7.87. The molecule has 0 atom stereocenters. The molecule has 0 radical (unpaired) electrons. The summed E-state index contributed by atoms with van der Waals surface area (Å²) in [6.07, 6.45) is 26.8. The number of carbonyl (C=O) groups is 1. The van der Waals surface area contributed by atoms with E-state index in [9.17, 15) is 4.79 Å². The van der Waals surface area contributed by atoms with E-state index in [1.165, 1.54) is 103 Å². The third kappa shape index (κ3) is 19.5. The number of hydrogen-bond donors (Lipinski definition) is 0. The van der Waals surface area contributed by atoms with Gasteiger partial charge in [0.15, 0.2) is 0 Å². The van der Waals surface area contributed by atoms with Gasteiger partial charge in [0.2, 0.25) is 0 Å². The molecule has 0 amide bonds. The minimum atomic E-state index is -0.216. The lowest BCUT2D eigenvalue weighted by atomic mass is 10.0. The first-order valence-electron chi connectivity index (χ1n) is 11.7. The zero-order valence-electron chi connectivity index (χ0n) is 18.4. The predicted molar refractivity (Wildman–Crippen MR) is 119 cm³/mol. The summed E-state index contributed by atoms with van der Waals surface area (Å²) in [5, 5.41) is 0. The van der Waals surface area contributed by atoms with Gasteiger partial charge in [0.25, 0.3) is 0 Å². The van der Waals surface area contributed by atoms with Crippen molar-refractivity contribution in [2.45, 2.75) is 123 Å². The normalized spacial score (nSPS) is 11.6. The first-order chi connectivity index (χ1) is 13.2. The summed E-state index contributed by atoms with van der Waals surface area (Å²) in [5.41, 5.74) is 0.720. The number of rotatable bonds is 20. The highest BCUT2D eigenvalue weighted by Gasteiger charge is 2.03. The zero-order chi connectivity index (χ0) is 20.0. The molecule has 0 aliphatic heterocycles. The Balaban J connectivity index is 3.25. The van der Waals surface area contributed by atoms with Crippen LogP contribution < -0.4 is 0 Å². The summed E-state index contributed by atoms with van der Waals surface area (Å²) in [6, 6.07) is 0. The first kappa shape index (κ1) is 26.0. The molecule has 0 saturated heterocycles. The van der Waals surface area contributed by atoms with Crippen LogP contribution in [0.25, 0.3) is 0 Å². The Kier molecular flexibility index (Phi) is 20.4. The van der Waals surface area contributed by atoms with Gasteiger partial charge in [0.1, 0.15) is 6.61 Å². The molecule has 158 valence electrons. The molecule has 0 unspecified atom stereocenters. The summed E-state index contributed by atoms with van der Waals surface area (Å²) in [7, 11) is 0. The molecule has 2 nitrogen and oxygen atoms in total. The molecule has 0 aromatic carbocycles. The Morgan fingerprint density at radius 2 is 1.15 bits per heavy atom. The summed E-state index contributed by atoms with van der Waals surface area (Å²) in [5.74, 6) is -0.216. The molecule has 27 heavy (non-hydrogen) atoms. The van der Waals surface area contributed by atoms with Crippen LogP contribution in [-0.2, 0) is 9.53 Å². The highest BCUT2D eigenvalue weighted by molar-refractivity contribution is 5.87. The van der Waals surface area contributed by atoms with Crippen LogP contribution in [0.4, 0.5) is 0 Å². The van der Waals surface area contributed by atoms with E-state index in [0.717, 1.165) is 12.0 Å². The van der Waals surface area contributed by atoms with Crippen molar-refractivity contribution in [2.75, 3.05) is 6.61 Å². The Labute approximate surface area is 169 Å². The smallest absolute Gasteiger partial charge is 0.333 e. The molecule has 0 rings (SSSR count). The fourth-order valence-corrected chi connectivity index (χ4v) is 3.34. The average Bonchev–Trinajstić information content (AvgIpc) is 2.68. The quantitative estimate of drug-likeness (QED) is 0.0921. The van der Waals surface area contributed by atoms with Crippen molar-refractivity contribution < 1.29 is 9.53 Å². The van der Waals surface area contributed by atoms with Gasteiger partial charge in [0.05, 0.1) is 0 Å². The molecule has 2 heteroatoms. The van der Waals surface area contributed by atoms with Gasteiger partial charge in [-0.1, -0.05) is 122 Å². The van der Waals surface area contributed by atoms with Crippen molar-refractivity contribution in [3.8, 4) is 0 Å². The van der Waals surface area contributed by atoms with E-state index in [-0.39, 0.29) is 5.97 Å². The molecular formula is C25H46O2. The minimum Gasteiger partial charge on any atom is -0.458 e. The van der Waals surface area contributed by atoms with Crippen molar-refractivity contribution in [3.63, 3.8) is 0 Å². The Morgan fingerprint density at radius 1 is 0.741 bits per heavy atom. The average molecular weight is 379 g/mol. The van der Waals surface area contributed by atoms with E-state index in [2.05, 4.69) is 13.5 Å². The Bertz CT molecular complexity index is 371. The van der Waals surface area contributed by atoms with Crippen LogP contribution in [0, 0.1) is 0 Å². The van der Waals surface area contributed by atoms with E-state index in [4.69, 9.17) is 4.74 Å². The van der Waals surface area contributed by atoms with E-state index in [1.807, 2.05) is 13.0 Å². The van der Waals surface area contributed by atoms with Gasteiger partial charge >= 0.3 is 5.97 Å². The lowest BCUT2D eigenvalue weighted by molar-refractivity contribution is -0.137. The lowest BCUT2D eigenvalue weighted by Crippen LogP contribution is -2.05. The van der Waals surface area contributed by atoms with E-state index >= 15 is 0 Å². The van der Waals surface area contributed by atoms with E-state index in [0.29, 0.717) is 6.61 Å². The Hall–Kier alpha value is -1.05. The van der Waals surface area contributed by atoms with E-state index in [1.54, 1.807) is 6.08 Å². The molecule has 0 aromatic rings. The lowest BCUT2D eigenvalue weighted by Gasteiger charge is -2.04. The summed E-state index contributed by atoms with van der Waals surface area (Å²) >= 11 is 0. The summed E-state index contributed by atoms with van der Waals surface area (Å²) < 4.78 is 5.01. The second kappa shape index (κ2) is 21.3. The van der Waals surface area contributed by atoms with Crippen LogP contribution in [0.5, 0.6) is 0 Å². The third-order valence-electron chi connectivity index (χ3n) is 5.16. The van der Waals surface area contributed by atoms with Crippen LogP contribution >= 0.6 is 0 Å². The Morgan fingerprint density at radius 3 is 1.56 bits per heavy atom. The van der Waals surface area contributed by atoms with Crippen molar-refractivity contribution in [2.24, 2.45) is 0 Å². The van der Waals surface area contributed by atoms with Gasteiger partial charge in [-0.25, -0.2) is 4.79 Å². The number of carbonyl (C=O) groups excluding carboxylic acids is 1. The molecule has 0 aliphatic rings. The number of allylic oxidation sites excluding steroid dienone is 1. The maximum Gasteiger partial charge on any atom is 0.333 e. The van der Waals surface area contributed by atoms with Crippen LogP contribution in [0.3, 0.4) is 0 Å². The number of unbranched alkanes of at least 4 members (excludes halogenated alkanes) is 16.